The zero-order valence-electron chi connectivity index (χ0n) is 18.0. The molecule has 1 nitrogen and oxygen atoms in total. The summed E-state index contributed by atoms with van der Waals surface area (Å²) in [6.07, 6.45) is 9.89. The zero-order valence-corrected chi connectivity index (χ0v) is 20.1. The van der Waals surface area contributed by atoms with Gasteiger partial charge in [-0.3, -0.25) is 0 Å². The maximum absolute atomic E-state index is 4.94. The van der Waals surface area contributed by atoms with Crippen molar-refractivity contribution in [1.29, 1.82) is 0 Å². The predicted octanol–water partition coefficient (Wildman–Crippen LogP) is 6.47. The molecular formula is C26H35GeN. The second-order valence-corrected chi connectivity index (χ2v) is 21.6. The minimum atomic E-state index is -1.98. The van der Waals surface area contributed by atoms with Crippen molar-refractivity contribution in [3.05, 3.63) is 48.2 Å². The summed E-state index contributed by atoms with van der Waals surface area (Å²) in [7, 11) is 0. The molecule has 1 atom stereocenters. The van der Waals surface area contributed by atoms with E-state index in [-0.39, 0.29) is 0 Å². The van der Waals surface area contributed by atoms with E-state index in [4.69, 9.17) is 4.98 Å². The van der Waals surface area contributed by atoms with E-state index in [0.29, 0.717) is 5.92 Å². The van der Waals surface area contributed by atoms with Crippen molar-refractivity contribution in [1.82, 2.24) is 4.98 Å². The van der Waals surface area contributed by atoms with Crippen LogP contribution < -0.4 is 4.40 Å². The van der Waals surface area contributed by atoms with Crippen LogP contribution in [0.2, 0.25) is 17.3 Å². The molecule has 4 aliphatic carbocycles. The Kier molecular flexibility index (Phi) is 4.73. The van der Waals surface area contributed by atoms with Crippen molar-refractivity contribution in [2.45, 2.75) is 62.2 Å². The third-order valence-corrected chi connectivity index (χ3v) is 12.4. The molecule has 148 valence electrons. The first-order valence-corrected chi connectivity index (χ1v) is 18.8. The monoisotopic (exact) mass is 435 g/mol. The van der Waals surface area contributed by atoms with Crippen molar-refractivity contribution < 1.29 is 0 Å². The fourth-order valence-electron chi connectivity index (χ4n) is 7.23. The van der Waals surface area contributed by atoms with Crippen LogP contribution in [0.3, 0.4) is 0 Å². The van der Waals surface area contributed by atoms with Gasteiger partial charge in [0.1, 0.15) is 0 Å². The number of hydrogen-bond donors (Lipinski definition) is 0. The molecule has 0 aliphatic heterocycles. The standard InChI is InChI=1S/C26H35GeN/c1-17(26-21-11-18-10-19(13-21)14-22(26)12-18)23-15-25(20-8-6-5-7-9-20)28-16-24(23)27(2,3)4/h5-9,15-19,21-22,26H,10-14H2,1-4H3. The first-order valence-electron chi connectivity index (χ1n) is 11.5. The van der Waals surface area contributed by atoms with Crippen LogP contribution in [0.4, 0.5) is 0 Å². The van der Waals surface area contributed by atoms with E-state index in [1.807, 2.05) is 0 Å². The van der Waals surface area contributed by atoms with Gasteiger partial charge < -0.3 is 0 Å². The van der Waals surface area contributed by atoms with Gasteiger partial charge in [-0.05, 0) is 0 Å². The Balaban J connectivity index is 1.55. The van der Waals surface area contributed by atoms with Gasteiger partial charge in [-0.1, -0.05) is 0 Å². The molecule has 4 bridgehead atoms. The summed E-state index contributed by atoms with van der Waals surface area (Å²) in [6, 6.07) is 13.3. The van der Waals surface area contributed by atoms with E-state index in [2.05, 4.69) is 66.8 Å². The molecule has 0 spiro atoms. The Hall–Kier alpha value is -1.09. The van der Waals surface area contributed by atoms with Crippen molar-refractivity contribution in [2.75, 3.05) is 0 Å². The van der Waals surface area contributed by atoms with Crippen LogP contribution in [-0.4, -0.2) is 18.3 Å². The summed E-state index contributed by atoms with van der Waals surface area (Å²) in [6.45, 7) is 2.56. The summed E-state index contributed by atoms with van der Waals surface area (Å²) in [4.78, 5) is 4.94. The molecule has 1 unspecified atom stereocenters. The summed E-state index contributed by atoms with van der Waals surface area (Å²) < 4.78 is 1.64. The number of benzene rings is 1. The average Bonchev–Trinajstić information content (AvgIpc) is 2.66. The van der Waals surface area contributed by atoms with Crippen LogP contribution in [0, 0.1) is 29.6 Å². The Bertz CT molecular complexity index is 822. The van der Waals surface area contributed by atoms with Crippen LogP contribution in [0.25, 0.3) is 11.3 Å². The first-order chi connectivity index (χ1) is 13.4. The summed E-state index contributed by atoms with van der Waals surface area (Å²) in [5.74, 6) is 13.3. The van der Waals surface area contributed by atoms with Gasteiger partial charge in [0.2, 0.25) is 0 Å². The van der Waals surface area contributed by atoms with Gasteiger partial charge in [-0.2, -0.15) is 0 Å². The Morgan fingerprint density at radius 3 is 2.07 bits per heavy atom. The zero-order chi connectivity index (χ0) is 19.5. The minimum absolute atomic E-state index is 0.681. The van der Waals surface area contributed by atoms with E-state index in [1.165, 1.54) is 36.9 Å². The molecule has 0 N–H and O–H groups in total. The second-order valence-electron chi connectivity index (χ2n) is 11.1. The topological polar surface area (TPSA) is 12.9 Å². The number of pyridine rings is 1. The van der Waals surface area contributed by atoms with E-state index < -0.39 is 13.3 Å². The maximum atomic E-state index is 4.94. The first kappa shape index (κ1) is 18.9. The van der Waals surface area contributed by atoms with Gasteiger partial charge in [0, 0.05) is 0 Å². The van der Waals surface area contributed by atoms with Crippen LogP contribution in [0.15, 0.2) is 42.6 Å². The summed E-state index contributed by atoms with van der Waals surface area (Å²) in [5.41, 5.74) is 4.08. The Morgan fingerprint density at radius 2 is 1.50 bits per heavy atom. The number of nitrogens with zero attached hydrogens (tertiary/aromatic N) is 1. The van der Waals surface area contributed by atoms with Gasteiger partial charge >= 0.3 is 174 Å². The predicted molar refractivity (Wildman–Crippen MR) is 122 cm³/mol. The molecule has 4 aliphatic rings. The number of rotatable bonds is 4. The number of hydrogen-bond acceptors (Lipinski definition) is 1. The van der Waals surface area contributed by atoms with Crippen molar-refractivity contribution >= 4 is 17.7 Å². The molecule has 1 aromatic carbocycles. The summed E-state index contributed by atoms with van der Waals surface area (Å²) in [5, 5.41) is 0. The summed E-state index contributed by atoms with van der Waals surface area (Å²) >= 11 is -1.98. The van der Waals surface area contributed by atoms with Gasteiger partial charge in [-0.25, -0.2) is 0 Å². The molecule has 2 heteroatoms. The van der Waals surface area contributed by atoms with Crippen molar-refractivity contribution in [3.8, 4) is 11.3 Å². The van der Waals surface area contributed by atoms with Crippen molar-refractivity contribution in [2.24, 2.45) is 29.6 Å². The van der Waals surface area contributed by atoms with E-state index >= 15 is 0 Å². The molecule has 0 radical (unpaired) electrons. The Labute approximate surface area is 173 Å². The van der Waals surface area contributed by atoms with Crippen molar-refractivity contribution in [3.63, 3.8) is 0 Å². The van der Waals surface area contributed by atoms with Crippen LogP contribution in [-0.2, 0) is 0 Å². The van der Waals surface area contributed by atoms with Gasteiger partial charge in [0.25, 0.3) is 0 Å². The van der Waals surface area contributed by atoms with Gasteiger partial charge in [0.05, 0.1) is 0 Å². The fraction of sp³-hybridized carbons (Fsp3) is 0.577. The Morgan fingerprint density at radius 1 is 0.893 bits per heavy atom. The molecule has 6 rings (SSSR count). The van der Waals surface area contributed by atoms with Gasteiger partial charge in [0.15, 0.2) is 0 Å². The van der Waals surface area contributed by atoms with Crippen LogP contribution >= 0.6 is 0 Å². The average molecular weight is 434 g/mol. The van der Waals surface area contributed by atoms with Gasteiger partial charge in [-0.15, -0.1) is 0 Å². The molecule has 0 saturated heterocycles. The molecular weight excluding hydrogens is 399 g/mol. The third kappa shape index (κ3) is 3.28. The molecule has 1 aromatic heterocycles. The molecule has 4 fully saturated rings. The SMILES string of the molecule is CC(c1cc(-c2ccccc2)nc[c]1[Ge]([CH3])([CH3])[CH3])C1C2CC3CC(C2)CC1C3. The van der Waals surface area contributed by atoms with E-state index in [9.17, 15) is 0 Å². The fourth-order valence-corrected chi connectivity index (χ4v) is 10.6. The normalized spacial score (nSPS) is 32.5. The van der Waals surface area contributed by atoms with E-state index in [0.717, 1.165) is 29.6 Å². The third-order valence-electron chi connectivity index (χ3n) is 8.18. The second kappa shape index (κ2) is 7.01. The quantitative estimate of drug-likeness (QED) is 0.503. The molecule has 1 heterocycles. The molecule has 2 aromatic rings. The molecule has 4 saturated carbocycles. The molecule has 0 amide bonds. The van der Waals surface area contributed by atoms with Crippen LogP contribution in [0.1, 0.15) is 50.5 Å². The molecule has 28 heavy (non-hydrogen) atoms. The number of aromatic nitrogens is 1. The van der Waals surface area contributed by atoms with E-state index in [1.54, 1.807) is 16.4 Å². The van der Waals surface area contributed by atoms with Crippen LogP contribution in [0.5, 0.6) is 0 Å².